The predicted octanol–water partition coefficient (Wildman–Crippen LogP) is 4.48. The highest BCUT2D eigenvalue weighted by atomic mass is 19.4. The second-order valence-electron chi connectivity index (χ2n) is 7.49. The molecule has 2 aromatic carbocycles. The lowest BCUT2D eigenvalue weighted by Gasteiger charge is -2.28. The number of methoxy groups -OCH3 is 1. The number of amides is 1. The molecule has 1 atom stereocenters. The molecule has 1 fully saturated rings. The van der Waals surface area contributed by atoms with E-state index in [9.17, 15) is 18.0 Å². The van der Waals surface area contributed by atoms with E-state index in [1.54, 1.807) is 19.2 Å². The molecule has 1 aliphatic rings. The molecule has 3 rings (SSSR count). The third-order valence-electron chi connectivity index (χ3n) is 5.39. The fraction of sp³-hybridized carbons (Fsp3) is 0.435. The van der Waals surface area contributed by atoms with E-state index < -0.39 is 6.36 Å². The quantitative estimate of drug-likeness (QED) is 0.630. The number of aryl methyl sites for hydroxylation is 1. The molecule has 0 radical (unpaired) electrons. The summed E-state index contributed by atoms with van der Waals surface area (Å²) in [5.41, 5.74) is 1.44. The average molecular weight is 436 g/mol. The molecule has 1 N–H and O–H groups in total. The first-order chi connectivity index (χ1) is 14.9. The molecular formula is C23H27F3N2O3. The summed E-state index contributed by atoms with van der Waals surface area (Å²) in [4.78, 5) is 14.8. The zero-order valence-electron chi connectivity index (χ0n) is 17.5. The first-order valence-corrected chi connectivity index (χ1v) is 10.3. The number of halogens is 3. The van der Waals surface area contributed by atoms with Crippen molar-refractivity contribution < 1.29 is 27.4 Å². The standard InChI is InChI=1S/C23H27F3N2O3/c1-30-19-11-8-17(9-12-19)20(28-14-4-5-15-28)16-27-22(29)13-10-18-6-2-3-7-21(18)31-23(24,25)26/h2-3,6-9,11-12,20H,4-5,10,13-16H2,1H3,(H,27,29). The number of carbonyl (C=O) groups is 1. The topological polar surface area (TPSA) is 50.8 Å². The van der Waals surface area contributed by atoms with Crippen LogP contribution in [0.15, 0.2) is 48.5 Å². The highest BCUT2D eigenvalue weighted by Gasteiger charge is 2.32. The largest absolute Gasteiger partial charge is 0.573 e. The van der Waals surface area contributed by atoms with Crippen LogP contribution in [0.2, 0.25) is 0 Å². The van der Waals surface area contributed by atoms with E-state index in [2.05, 4.69) is 15.0 Å². The molecule has 1 aliphatic heterocycles. The van der Waals surface area contributed by atoms with E-state index in [0.29, 0.717) is 12.1 Å². The minimum Gasteiger partial charge on any atom is -0.497 e. The van der Waals surface area contributed by atoms with Gasteiger partial charge in [-0.2, -0.15) is 0 Å². The molecule has 0 aromatic heterocycles. The van der Waals surface area contributed by atoms with Gasteiger partial charge in [0.1, 0.15) is 11.5 Å². The maximum Gasteiger partial charge on any atom is 0.573 e. The smallest absolute Gasteiger partial charge is 0.497 e. The number of likely N-dealkylation sites (tertiary alicyclic amines) is 1. The van der Waals surface area contributed by atoms with Gasteiger partial charge < -0.3 is 14.8 Å². The van der Waals surface area contributed by atoms with Crippen LogP contribution in [0.5, 0.6) is 11.5 Å². The molecule has 1 unspecified atom stereocenters. The molecular weight excluding hydrogens is 409 g/mol. The Morgan fingerprint density at radius 2 is 1.77 bits per heavy atom. The summed E-state index contributed by atoms with van der Waals surface area (Å²) < 4.78 is 47.0. The van der Waals surface area contributed by atoms with Crippen molar-refractivity contribution in [2.45, 2.75) is 38.1 Å². The van der Waals surface area contributed by atoms with Gasteiger partial charge >= 0.3 is 6.36 Å². The first kappa shape index (κ1) is 22.9. The van der Waals surface area contributed by atoms with E-state index in [1.807, 2.05) is 24.3 Å². The monoisotopic (exact) mass is 436 g/mol. The molecule has 1 amide bonds. The molecule has 8 heteroatoms. The molecule has 31 heavy (non-hydrogen) atoms. The molecule has 1 saturated heterocycles. The molecule has 2 aromatic rings. The van der Waals surface area contributed by atoms with E-state index in [4.69, 9.17) is 4.74 Å². The van der Waals surface area contributed by atoms with Crippen molar-refractivity contribution >= 4 is 5.91 Å². The van der Waals surface area contributed by atoms with E-state index in [-0.39, 0.29) is 30.5 Å². The number of nitrogens with zero attached hydrogens (tertiary/aromatic N) is 1. The SMILES string of the molecule is COc1ccc(C(CNC(=O)CCc2ccccc2OC(F)(F)F)N2CCCC2)cc1. The van der Waals surface area contributed by atoms with Gasteiger partial charge in [-0.3, -0.25) is 9.69 Å². The maximum atomic E-state index is 12.6. The van der Waals surface area contributed by atoms with Crippen LogP contribution in [0.25, 0.3) is 0 Å². The van der Waals surface area contributed by atoms with Gasteiger partial charge in [-0.15, -0.1) is 13.2 Å². The van der Waals surface area contributed by atoms with Crippen LogP contribution in [0, 0.1) is 0 Å². The van der Waals surface area contributed by atoms with Crippen molar-refractivity contribution in [2.75, 3.05) is 26.7 Å². The molecule has 0 spiro atoms. The van der Waals surface area contributed by atoms with Crippen LogP contribution < -0.4 is 14.8 Å². The summed E-state index contributed by atoms with van der Waals surface area (Å²) in [7, 11) is 1.62. The predicted molar refractivity (Wildman–Crippen MR) is 111 cm³/mol. The van der Waals surface area contributed by atoms with Gasteiger partial charge in [0.2, 0.25) is 5.91 Å². The Labute approximate surface area is 180 Å². The summed E-state index contributed by atoms with van der Waals surface area (Å²) >= 11 is 0. The number of carbonyl (C=O) groups excluding carboxylic acids is 1. The van der Waals surface area contributed by atoms with E-state index in [0.717, 1.165) is 37.2 Å². The highest BCUT2D eigenvalue weighted by molar-refractivity contribution is 5.76. The number of rotatable bonds is 9. The van der Waals surface area contributed by atoms with Gasteiger partial charge in [0, 0.05) is 13.0 Å². The van der Waals surface area contributed by atoms with Crippen LogP contribution in [-0.2, 0) is 11.2 Å². The molecule has 1 heterocycles. The Balaban J connectivity index is 1.59. The summed E-state index contributed by atoms with van der Waals surface area (Å²) in [6, 6.07) is 13.7. The zero-order valence-corrected chi connectivity index (χ0v) is 17.5. The lowest BCUT2D eigenvalue weighted by atomic mass is 10.0. The van der Waals surface area contributed by atoms with Crippen molar-refractivity contribution in [3.63, 3.8) is 0 Å². The summed E-state index contributed by atoms with van der Waals surface area (Å²) in [6.45, 7) is 2.37. The van der Waals surface area contributed by atoms with Crippen LogP contribution in [0.4, 0.5) is 13.2 Å². The summed E-state index contributed by atoms with van der Waals surface area (Å²) in [6.07, 6.45) is -2.28. The summed E-state index contributed by atoms with van der Waals surface area (Å²) in [5.74, 6) is 0.295. The van der Waals surface area contributed by atoms with Crippen molar-refractivity contribution in [3.05, 3.63) is 59.7 Å². The molecule has 0 aliphatic carbocycles. The molecule has 168 valence electrons. The van der Waals surface area contributed by atoms with Crippen molar-refractivity contribution in [3.8, 4) is 11.5 Å². The highest BCUT2D eigenvalue weighted by Crippen LogP contribution is 2.28. The minimum atomic E-state index is -4.76. The fourth-order valence-electron chi connectivity index (χ4n) is 3.82. The number of para-hydroxylation sites is 1. The van der Waals surface area contributed by atoms with Crippen molar-refractivity contribution in [1.82, 2.24) is 10.2 Å². The molecule has 5 nitrogen and oxygen atoms in total. The fourth-order valence-corrected chi connectivity index (χ4v) is 3.82. The van der Waals surface area contributed by atoms with Crippen molar-refractivity contribution in [2.24, 2.45) is 0 Å². The number of hydrogen-bond donors (Lipinski definition) is 1. The van der Waals surface area contributed by atoms with Crippen molar-refractivity contribution in [1.29, 1.82) is 0 Å². The van der Waals surface area contributed by atoms with Crippen LogP contribution in [0.1, 0.15) is 36.4 Å². The van der Waals surface area contributed by atoms with Gasteiger partial charge in [0.05, 0.1) is 13.2 Å². The zero-order chi connectivity index (χ0) is 22.3. The average Bonchev–Trinajstić information content (AvgIpc) is 3.27. The van der Waals surface area contributed by atoms with Gasteiger partial charge in [0.25, 0.3) is 0 Å². The maximum absolute atomic E-state index is 12.6. The Kier molecular flexibility index (Phi) is 7.79. The Hall–Kier alpha value is -2.74. The second-order valence-corrected chi connectivity index (χ2v) is 7.49. The van der Waals surface area contributed by atoms with Crippen LogP contribution >= 0.6 is 0 Å². The summed E-state index contributed by atoms with van der Waals surface area (Å²) in [5, 5.41) is 2.95. The lowest BCUT2D eigenvalue weighted by Crippen LogP contribution is -2.36. The number of nitrogens with one attached hydrogen (secondary N) is 1. The Morgan fingerprint density at radius 1 is 1.10 bits per heavy atom. The second kappa shape index (κ2) is 10.5. The van der Waals surface area contributed by atoms with Gasteiger partial charge in [-0.1, -0.05) is 30.3 Å². The number of alkyl halides is 3. The van der Waals surface area contributed by atoms with E-state index in [1.165, 1.54) is 12.1 Å². The van der Waals surface area contributed by atoms with E-state index >= 15 is 0 Å². The first-order valence-electron chi connectivity index (χ1n) is 10.3. The third-order valence-corrected chi connectivity index (χ3v) is 5.39. The van der Waals surface area contributed by atoms with Gasteiger partial charge in [0.15, 0.2) is 0 Å². The van der Waals surface area contributed by atoms with Crippen LogP contribution in [0.3, 0.4) is 0 Å². The molecule has 0 bridgehead atoms. The van der Waals surface area contributed by atoms with Gasteiger partial charge in [-0.05, 0) is 61.7 Å². The lowest BCUT2D eigenvalue weighted by molar-refractivity contribution is -0.274. The van der Waals surface area contributed by atoms with Crippen LogP contribution in [-0.4, -0.2) is 43.9 Å². The Bertz CT molecular complexity index is 850. The Morgan fingerprint density at radius 3 is 2.42 bits per heavy atom. The normalized spacial score (nSPS) is 15.5. The number of hydrogen-bond acceptors (Lipinski definition) is 4. The molecule has 0 saturated carbocycles. The number of ether oxygens (including phenoxy) is 2. The minimum absolute atomic E-state index is 0.0400. The third kappa shape index (κ3) is 6.89. The van der Waals surface area contributed by atoms with Gasteiger partial charge in [-0.25, -0.2) is 0 Å². The number of benzene rings is 2.